The van der Waals surface area contributed by atoms with Gasteiger partial charge in [0.05, 0.1) is 16.6 Å². The highest BCUT2D eigenvalue weighted by atomic mass is 79.9. The molecule has 1 aromatic heterocycles. The van der Waals surface area contributed by atoms with E-state index in [0.29, 0.717) is 12.3 Å². The molecule has 0 radical (unpaired) electrons. The van der Waals surface area contributed by atoms with Gasteiger partial charge in [0, 0.05) is 22.5 Å². The van der Waals surface area contributed by atoms with Gasteiger partial charge < -0.3 is 14.6 Å². The van der Waals surface area contributed by atoms with Gasteiger partial charge in [0.15, 0.2) is 5.76 Å². The number of halogens is 1. The van der Waals surface area contributed by atoms with E-state index in [1.54, 1.807) is 12.1 Å². The Hall–Kier alpha value is -1.44. The quantitative estimate of drug-likeness (QED) is 0.552. The standard InChI is InChI=1S/C20H27BrN2O3S/c1-3-5-13-23(4-2)14-12-22-20(24)19-11-8-17(26-19)15-27(25)18-9-6-16(21)7-10-18/h6-11H,3-5,12-15H2,1-2H3,(H,22,24)/t27-/m1/s1. The van der Waals surface area contributed by atoms with Crippen LogP contribution in [0.2, 0.25) is 0 Å². The molecule has 2 rings (SSSR count). The number of carbonyl (C=O) groups is 1. The zero-order chi connectivity index (χ0) is 19.6. The summed E-state index contributed by atoms with van der Waals surface area (Å²) >= 11 is 3.36. The third kappa shape index (κ3) is 7.24. The van der Waals surface area contributed by atoms with Crippen LogP contribution in [-0.4, -0.2) is 41.2 Å². The Morgan fingerprint density at radius 2 is 1.89 bits per heavy atom. The van der Waals surface area contributed by atoms with Crippen LogP contribution in [0, 0.1) is 0 Å². The van der Waals surface area contributed by atoms with Crippen molar-refractivity contribution in [1.82, 2.24) is 10.2 Å². The fourth-order valence-corrected chi connectivity index (χ4v) is 3.89. The molecule has 7 heteroatoms. The number of amides is 1. The molecular formula is C20H27BrN2O3S. The summed E-state index contributed by atoms with van der Waals surface area (Å²) in [7, 11) is -1.21. The minimum Gasteiger partial charge on any atom is -0.455 e. The monoisotopic (exact) mass is 454 g/mol. The molecule has 2 aromatic rings. The van der Waals surface area contributed by atoms with Crippen molar-refractivity contribution in [3.8, 4) is 0 Å². The summed E-state index contributed by atoms with van der Waals surface area (Å²) in [4.78, 5) is 15.3. The molecule has 0 aliphatic rings. The van der Waals surface area contributed by atoms with Crippen molar-refractivity contribution in [3.63, 3.8) is 0 Å². The highest BCUT2D eigenvalue weighted by Crippen LogP contribution is 2.17. The number of nitrogens with one attached hydrogen (secondary N) is 1. The lowest BCUT2D eigenvalue weighted by Gasteiger charge is -2.19. The SMILES string of the molecule is CCCCN(CC)CCNC(=O)c1ccc(C[S@@](=O)c2ccc(Br)cc2)o1. The van der Waals surface area contributed by atoms with E-state index in [9.17, 15) is 9.00 Å². The third-order valence-electron chi connectivity index (χ3n) is 4.22. The molecule has 0 aliphatic heterocycles. The van der Waals surface area contributed by atoms with Crippen molar-refractivity contribution in [2.24, 2.45) is 0 Å². The van der Waals surface area contributed by atoms with Crippen LogP contribution in [0.25, 0.3) is 0 Å². The second-order valence-corrected chi connectivity index (χ2v) is 8.62. The lowest BCUT2D eigenvalue weighted by atomic mass is 10.3. The van der Waals surface area contributed by atoms with Crippen molar-refractivity contribution < 1.29 is 13.4 Å². The summed E-state index contributed by atoms with van der Waals surface area (Å²) in [6.45, 7) is 7.73. The number of benzene rings is 1. The van der Waals surface area contributed by atoms with Gasteiger partial charge >= 0.3 is 0 Å². The van der Waals surface area contributed by atoms with E-state index < -0.39 is 10.8 Å². The van der Waals surface area contributed by atoms with Gasteiger partial charge in [0.1, 0.15) is 5.76 Å². The zero-order valence-electron chi connectivity index (χ0n) is 15.9. The summed E-state index contributed by atoms with van der Waals surface area (Å²) in [5.41, 5.74) is 0. The van der Waals surface area contributed by atoms with E-state index in [-0.39, 0.29) is 17.4 Å². The van der Waals surface area contributed by atoms with E-state index >= 15 is 0 Å². The Labute approximate surface area is 172 Å². The maximum Gasteiger partial charge on any atom is 0.287 e. The van der Waals surface area contributed by atoms with Crippen LogP contribution in [0.5, 0.6) is 0 Å². The lowest BCUT2D eigenvalue weighted by molar-refractivity contribution is 0.0919. The Morgan fingerprint density at radius 3 is 2.56 bits per heavy atom. The van der Waals surface area contributed by atoms with Crippen LogP contribution < -0.4 is 5.32 Å². The molecule has 0 aliphatic carbocycles. The maximum atomic E-state index is 12.4. The van der Waals surface area contributed by atoms with Crippen LogP contribution in [0.15, 0.2) is 50.2 Å². The number of unbranched alkanes of at least 4 members (excludes halogenated alkanes) is 1. The highest BCUT2D eigenvalue weighted by Gasteiger charge is 2.14. The molecule has 1 heterocycles. The summed E-state index contributed by atoms with van der Waals surface area (Å²) in [5.74, 6) is 0.811. The second-order valence-electron chi connectivity index (χ2n) is 6.25. The van der Waals surface area contributed by atoms with Crippen molar-refractivity contribution >= 4 is 32.6 Å². The van der Waals surface area contributed by atoms with E-state index in [1.807, 2.05) is 24.3 Å². The number of carbonyl (C=O) groups excluding carboxylic acids is 1. The van der Waals surface area contributed by atoms with Gasteiger partial charge in [-0.3, -0.25) is 9.00 Å². The van der Waals surface area contributed by atoms with Crippen LogP contribution in [0.3, 0.4) is 0 Å². The first kappa shape index (κ1) is 21.9. The number of rotatable bonds is 11. The topological polar surface area (TPSA) is 62.6 Å². The molecule has 0 bridgehead atoms. The number of likely N-dealkylation sites (N-methyl/N-ethyl adjacent to an activating group) is 1. The zero-order valence-corrected chi connectivity index (χ0v) is 18.3. The molecule has 1 amide bonds. The largest absolute Gasteiger partial charge is 0.455 e. The molecule has 27 heavy (non-hydrogen) atoms. The maximum absolute atomic E-state index is 12.4. The van der Waals surface area contributed by atoms with Crippen molar-refractivity contribution in [2.75, 3.05) is 26.2 Å². The van der Waals surface area contributed by atoms with Crippen molar-refractivity contribution in [2.45, 2.75) is 37.3 Å². The second kappa shape index (κ2) is 11.4. The molecule has 0 saturated heterocycles. The fourth-order valence-electron chi connectivity index (χ4n) is 2.60. The molecular weight excluding hydrogens is 428 g/mol. The van der Waals surface area contributed by atoms with Crippen molar-refractivity contribution in [3.05, 3.63) is 52.4 Å². The minimum atomic E-state index is -1.21. The number of nitrogens with zero attached hydrogens (tertiary/aromatic N) is 1. The molecule has 1 aromatic carbocycles. The first-order valence-corrected chi connectivity index (χ1v) is 11.4. The molecule has 0 fully saturated rings. The number of hydrogen-bond donors (Lipinski definition) is 1. The van der Waals surface area contributed by atoms with Crippen molar-refractivity contribution in [1.29, 1.82) is 0 Å². The van der Waals surface area contributed by atoms with E-state index in [0.717, 1.165) is 29.0 Å². The highest BCUT2D eigenvalue weighted by molar-refractivity contribution is 9.10. The van der Waals surface area contributed by atoms with Crippen LogP contribution in [0.4, 0.5) is 0 Å². The summed E-state index contributed by atoms with van der Waals surface area (Å²) in [5, 5.41) is 2.89. The van der Waals surface area contributed by atoms with Crippen LogP contribution >= 0.6 is 15.9 Å². The molecule has 0 saturated carbocycles. The summed E-state index contributed by atoms with van der Waals surface area (Å²) in [6, 6.07) is 10.7. The first-order chi connectivity index (χ1) is 13.0. The number of hydrogen-bond acceptors (Lipinski definition) is 4. The van der Waals surface area contributed by atoms with Gasteiger partial charge in [-0.25, -0.2) is 0 Å². The lowest BCUT2D eigenvalue weighted by Crippen LogP contribution is -2.35. The first-order valence-electron chi connectivity index (χ1n) is 9.26. The van der Waals surface area contributed by atoms with Crippen LogP contribution in [-0.2, 0) is 16.6 Å². The molecule has 5 nitrogen and oxygen atoms in total. The Balaban J connectivity index is 1.82. The Kier molecular flexibility index (Phi) is 9.24. The molecule has 1 N–H and O–H groups in total. The fraction of sp³-hybridized carbons (Fsp3) is 0.450. The molecule has 0 spiro atoms. The third-order valence-corrected chi connectivity index (χ3v) is 6.10. The predicted molar refractivity (Wildman–Crippen MR) is 112 cm³/mol. The molecule has 1 atom stereocenters. The normalized spacial score (nSPS) is 12.3. The smallest absolute Gasteiger partial charge is 0.287 e. The summed E-state index contributed by atoms with van der Waals surface area (Å²) < 4.78 is 18.9. The van der Waals surface area contributed by atoms with Gasteiger partial charge in [-0.2, -0.15) is 0 Å². The Morgan fingerprint density at radius 1 is 1.15 bits per heavy atom. The minimum absolute atomic E-state index is 0.234. The Bertz CT molecular complexity index is 746. The van der Waals surface area contributed by atoms with E-state index in [2.05, 4.69) is 40.0 Å². The molecule has 0 unspecified atom stereocenters. The van der Waals surface area contributed by atoms with Gasteiger partial charge in [0.25, 0.3) is 5.91 Å². The predicted octanol–water partition coefficient (Wildman–Crippen LogP) is 4.20. The van der Waals surface area contributed by atoms with E-state index in [4.69, 9.17) is 4.42 Å². The van der Waals surface area contributed by atoms with Gasteiger partial charge in [-0.1, -0.05) is 36.2 Å². The number of furan rings is 1. The average molecular weight is 455 g/mol. The summed E-state index contributed by atoms with van der Waals surface area (Å²) in [6.07, 6.45) is 2.33. The van der Waals surface area contributed by atoms with Crippen LogP contribution in [0.1, 0.15) is 43.0 Å². The van der Waals surface area contributed by atoms with Gasteiger partial charge in [-0.05, 0) is 55.9 Å². The average Bonchev–Trinajstić information content (AvgIpc) is 3.13. The van der Waals surface area contributed by atoms with E-state index in [1.165, 1.54) is 12.8 Å². The van der Waals surface area contributed by atoms with Gasteiger partial charge in [-0.15, -0.1) is 0 Å². The molecule has 148 valence electrons. The van der Waals surface area contributed by atoms with Gasteiger partial charge in [0.2, 0.25) is 0 Å².